The molecule has 1 aromatic heterocycles. The number of hydrazone groups is 1. The predicted octanol–water partition coefficient (Wildman–Crippen LogP) is 1.15. The first-order valence-electron chi connectivity index (χ1n) is 7.87. The van der Waals surface area contributed by atoms with Gasteiger partial charge in [-0.3, -0.25) is 9.59 Å². The number of nitrogens with one attached hydrogen (secondary N) is 1. The maximum atomic E-state index is 12.1. The summed E-state index contributed by atoms with van der Waals surface area (Å²) in [5.74, 6) is 0.622. The van der Waals surface area contributed by atoms with Crippen LogP contribution < -0.4 is 10.2 Å². The SMILES string of the molecule is CCN(CC)c1ccc(CNC(=O)C2=NN(C)C(=O)CC2)cn1. The molecule has 0 radical (unpaired) electrons. The Morgan fingerprint density at radius 3 is 2.61 bits per heavy atom. The fraction of sp³-hybridized carbons (Fsp3) is 0.500. The van der Waals surface area contributed by atoms with E-state index in [4.69, 9.17) is 0 Å². The molecule has 0 saturated heterocycles. The lowest BCUT2D eigenvalue weighted by atomic mass is 10.1. The molecule has 7 heteroatoms. The summed E-state index contributed by atoms with van der Waals surface area (Å²) in [5, 5.41) is 8.04. The molecule has 2 heterocycles. The molecule has 7 nitrogen and oxygen atoms in total. The summed E-state index contributed by atoms with van der Waals surface area (Å²) >= 11 is 0. The van der Waals surface area contributed by atoms with Gasteiger partial charge >= 0.3 is 0 Å². The van der Waals surface area contributed by atoms with Crippen molar-refractivity contribution in [2.75, 3.05) is 25.0 Å². The molecule has 0 unspecified atom stereocenters. The molecule has 124 valence electrons. The van der Waals surface area contributed by atoms with E-state index in [1.165, 1.54) is 5.01 Å². The highest BCUT2D eigenvalue weighted by molar-refractivity contribution is 6.39. The van der Waals surface area contributed by atoms with Gasteiger partial charge < -0.3 is 10.2 Å². The van der Waals surface area contributed by atoms with Gasteiger partial charge in [-0.15, -0.1) is 0 Å². The van der Waals surface area contributed by atoms with Crippen molar-refractivity contribution in [1.29, 1.82) is 0 Å². The Balaban J connectivity index is 1.92. The lowest BCUT2D eigenvalue weighted by molar-refractivity contribution is -0.130. The molecular weight excluding hydrogens is 294 g/mol. The van der Waals surface area contributed by atoms with Gasteiger partial charge in [0.25, 0.3) is 5.91 Å². The highest BCUT2D eigenvalue weighted by Crippen LogP contribution is 2.11. The van der Waals surface area contributed by atoms with Crippen molar-refractivity contribution >= 4 is 23.3 Å². The molecule has 2 rings (SSSR count). The number of rotatable bonds is 6. The van der Waals surface area contributed by atoms with E-state index >= 15 is 0 Å². The minimum atomic E-state index is -0.239. The average Bonchev–Trinajstić information content (AvgIpc) is 2.57. The lowest BCUT2D eigenvalue weighted by Gasteiger charge is -2.20. The van der Waals surface area contributed by atoms with Crippen LogP contribution in [0.3, 0.4) is 0 Å². The molecule has 0 spiro atoms. The van der Waals surface area contributed by atoms with Crippen molar-refractivity contribution in [1.82, 2.24) is 15.3 Å². The van der Waals surface area contributed by atoms with Gasteiger partial charge in [0.2, 0.25) is 5.91 Å². The first kappa shape index (κ1) is 16.9. The third-order valence-corrected chi connectivity index (χ3v) is 3.82. The van der Waals surface area contributed by atoms with Crippen LogP contribution in [0.5, 0.6) is 0 Å². The normalized spacial score (nSPS) is 14.5. The number of nitrogens with zero attached hydrogens (tertiary/aromatic N) is 4. The number of hydrogen-bond acceptors (Lipinski definition) is 5. The van der Waals surface area contributed by atoms with Crippen molar-refractivity contribution < 1.29 is 9.59 Å². The van der Waals surface area contributed by atoms with Crippen LogP contribution in [0.2, 0.25) is 0 Å². The molecule has 0 atom stereocenters. The minimum Gasteiger partial charge on any atom is -0.357 e. The summed E-state index contributed by atoms with van der Waals surface area (Å²) in [6, 6.07) is 3.92. The number of carbonyl (C=O) groups excluding carboxylic acids is 2. The second-order valence-electron chi connectivity index (χ2n) is 5.34. The summed E-state index contributed by atoms with van der Waals surface area (Å²) in [7, 11) is 1.56. The van der Waals surface area contributed by atoms with Crippen LogP contribution in [0.4, 0.5) is 5.82 Å². The first-order chi connectivity index (χ1) is 11.0. The highest BCUT2D eigenvalue weighted by Gasteiger charge is 2.21. The Labute approximate surface area is 136 Å². The summed E-state index contributed by atoms with van der Waals surface area (Å²) in [6.45, 7) is 6.39. The van der Waals surface area contributed by atoms with Gasteiger partial charge in [0, 0.05) is 45.7 Å². The maximum absolute atomic E-state index is 12.1. The monoisotopic (exact) mass is 317 g/mol. The van der Waals surface area contributed by atoms with Crippen molar-refractivity contribution in [2.45, 2.75) is 33.2 Å². The van der Waals surface area contributed by atoms with Gasteiger partial charge in [0.05, 0.1) is 0 Å². The fourth-order valence-electron chi connectivity index (χ4n) is 2.37. The Kier molecular flexibility index (Phi) is 5.67. The molecule has 0 bridgehead atoms. The van der Waals surface area contributed by atoms with Crippen LogP contribution in [0.15, 0.2) is 23.4 Å². The van der Waals surface area contributed by atoms with Gasteiger partial charge in [-0.2, -0.15) is 5.10 Å². The quantitative estimate of drug-likeness (QED) is 0.854. The molecular formula is C16H23N5O2. The molecule has 1 N–H and O–H groups in total. The van der Waals surface area contributed by atoms with Gasteiger partial charge in [0.15, 0.2) is 0 Å². The van der Waals surface area contributed by atoms with Crippen molar-refractivity contribution in [2.24, 2.45) is 5.10 Å². The van der Waals surface area contributed by atoms with Crippen LogP contribution in [0.1, 0.15) is 32.3 Å². The van der Waals surface area contributed by atoms with E-state index in [1.807, 2.05) is 12.1 Å². The van der Waals surface area contributed by atoms with Crippen LogP contribution in [0, 0.1) is 0 Å². The van der Waals surface area contributed by atoms with E-state index in [0.717, 1.165) is 24.5 Å². The van der Waals surface area contributed by atoms with Gasteiger partial charge in [-0.25, -0.2) is 9.99 Å². The number of anilines is 1. The zero-order valence-electron chi connectivity index (χ0n) is 13.9. The second-order valence-corrected chi connectivity index (χ2v) is 5.34. The van der Waals surface area contributed by atoms with E-state index in [0.29, 0.717) is 25.1 Å². The molecule has 0 aliphatic carbocycles. The van der Waals surface area contributed by atoms with E-state index in [2.05, 4.69) is 34.1 Å². The van der Waals surface area contributed by atoms with Crippen LogP contribution in [-0.4, -0.2) is 47.7 Å². The van der Waals surface area contributed by atoms with Crippen LogP contribution >= 0.6 is 0 Å². The zero-order chi connectivity index (χ0) is 16.8. The zero-order valence-corrected chi connectivity index (χ0v) is 13.9. The van der Waals surface area contributed by atoms with E-state index in [-0.39, 0.29) is 11.8 Å². The highest BCUT2D eigenvalue weighted by atomic mass is 16.2. The summed E-state index contributed by atoms with van der Waals surface area (Å²) in [4.78, 5) is 30.0. The standard InChI is InChI=1S/C16H23N5O2/c1-4-21(5-2)14-8-6-12(10-17-14)11-18-16(23)13-7-9-15(22)20(3)19-13/h6,8,10H,4-5,7,9,11H2,1-3H3,(H,18,23). The van der Waals surface area contributed by atoms with Crippen LogP contribution in [-0.2, 0) is 16.1 Å². The second kappa shape index (κ2) is 7.71. The topological polar surface area (TPSA) is 77.9 Å². The molecule has 1 aromatic rings. The first-order valence-corrected chi connectivity index (χ1v) is 7.87. The van der Waals surface area contributed by atoms with Crippen molar-refractivity contribution in [3.8, 4) is 0 Å². The maximum Gasteiger partial charge on any atom is 0.267 e. The number of hydrogen-bond donors (Lipinski definition) is 1. The van der Waals surface area contributed by atoms with E-state index < -0.39 is 0 Å². The average molecular weight is 317 g/mol. The number of amides is 2. The van der Waals surface area contributed by atoms with Gasteiger partial charge in [-0.1, -0.05) is 6.07 Å². The van der Waals surface area contributed by atoms with Gasteiger partial charge in [0.1, 0.15) is 11.5 Å². The smallest absolute Gasteiger partial charge is 0.267 e. The largest absolute Gasteiger partial charge is 0.357 e. The predicted molar refractivity (Wildman–Crippen MR) is 89.1 cm³/mol. The summed E-state index contributed by atoms with van der Waals surface area (Å²) < 4.78 is 0. The molecule has 0 fully saturated rings. The summed E-state index contributed by atoms with van der Waals surface area (Å²) in [6.07, 6.45) is 2.48. The molecule has 0 aromatic carbocycles. The minimum absolute atomic E-state index is 0.0715. The van der Waals surface area contributed by atoms with Crippen molar-refractivity contribution in [3.05, 3.63) is 23.9 Å². The molecule has 2 amide bonds. The molecule has 23 heavy (non-hydrogen) atoms. The Morgan fingerprint density at radius 2 is 2.04 bits per heavy atom. The third-order valence-electron chi connectivity index (χ3n) is 3.82. The fourth-order valence-corrected chi connectivity index (χ4v) is 2.37. The lowest BCUT2D eigenvalue weighted by Crippen LogP contribution is -2.37. The Bertz CT molecular complexity index is 593. The van der Waals surface area contributed by atoms with E-state index in [1.54, 1.807) is 13.2 Å². The van der Waals surface area contributed by atoms with Gasteiger partial charge in [-0.05, 0) is 25.5 Å². The van der Waals surface area contributed by atoms with Crippen molar-refractivity contribution in [3.63, 3.8) is 0 Å². The third kappa shape index (κ3) is 4.28. The van der Waals surface area contributed by atoms with E-state index in [9.17, 15) is 9.59 Å². The van der Waals surface area contributed by atoms with Crippen LogP contribution in [0.25, 0.3) is 0 Å². The molecule has 1 aliphatic heterocycles. The molecule has 0 saturated carbocycles. The number of carbonyl (C=O) groups is 2. The summed E-state index contributed by atoms with van der Waals surface area (Å²) in [5.41, 5.74) is 1.31. The number of pyridine rings is 1. The number of aromatic nitrogens is 1. The Hall–Kier alpha value is -2.44. The Morgan fingerprint density at radius 1 is 1.30 bits per heavy atom. The molecule has 1 aliphatic rings.